The van der Waals surface area contributed by atoms with E-state index in [4.69, 9.17) is 4.74 Å². The lowest BCUT2D eigenvalue weighted by Crippen LogP contribution is -2.32. The molecule has 0 radical (unpaired) electrons. The van der Waals surface area contributed by atoms with E-state index in [1.807, 2.05) is 0 Å². The molecule has 0 aliphatic heterocycles. The summed E-state index contributed by atoms with van der Waals surface area (Å²) in [6.07, 6.45) is 1.57. The molecule has 0 saturated carbocycles. The van der Waals surface area contributed by atoms with E-state index in [2.05, 4.69) is 10.1 Å². The first-order valence-corrected chi connectivity index (χ1v) is 8.91. The Morgan fingerprint density at radius 1 is 1.07 bits per heavy atom. The molecule has 1 rings (SSSR count). The van der Waals surface area contributed by atoms with Crippen LogP contribution < -0.4 is 5.32 Å². The molecule has 0 atom stereocenters. The number of hydrogen-bond acceptors (Lipinski definition) is 7. The lowest BCUT2D eigenvalue weighted by atomic mass is 10.0. The monoisotopic (exact) mass is 394 g/mol. The van der Waals surface area contributed by atoms with E-state index < -0.39 is 22.6 Å². The first-order valence-electron chi connectivity index (χ1n) is 8.91. The van der Waals surface area contributed by atoms with E-state index in [9.17, 15) is 24.5 Å². The minimum Gasteiger partial charge on any atom is -0.465 e. The number of methoxy groups -OCH3 is 1. The number of nitro groups is 1. The molecule has 0 aromatic heterocycles. The van der Waals surface area contributed by atoms with Crippen LogP contribution in [0.1, 0.15) is 67.2 Å². The SMILES string of the molecule is COC(=O)c1cc(C(=O)CCCCCNC(=O)OC(C)(C)C)cc([N+](=O)[O-])c1. The second-order valence-corrected chi connectivity index (χ2v) is 7.18. The van der Waals surface area contributed by atoms with Crippen LogP contribution in [-0.2, 0) is 9.47 Å². The fourth-order valence-electron chi connectivity index (χ4n) is 2.35. The number of carbonyl (C=O) groups is 3. The van der Waals surface area contributed by atoms with Gasteiger partial charge in [-0.15, -0.1) is 0 Å². The summed E-state index contributed by atoms with van der Waals surface area (Å²) in [5, 5.41) is 13.6. The van der Waals surface area contributed by atoms with Crippen LogP contribution in [0.2, 0.25) is 0 Å². The van der Waals surface area contributed by atoms with Crippen LogP contribution in [0.25, 0.3) is 0 Å². The first-order chi connectivity index (χ1) is 13.0. The normalized spacial score (nSPS) is 10.9. The van der Waals surface area contributed by atoms with Gasteiger partial charge in [0, 0.05) is 30.7 Å². The molecule has 0 fully saturated rings. The van der Waals surface area contributed by atoms with Gasteiger partial charge < -0.3 is 14.8 Å². The zero-order chi connectivity index (χ0) is 21.3. The summed E-state index contributed by atoms with van der Waals surface area (Å²) >= 11 is 0. The van der Waals surface area contributed by atoms with Gasteiger partial charge in [-0.2, -0.15) is 0 Å². The van der Waals surface area contributed by atoms with Crippen LogP contribution in [0.4, 0.5) is 10.5 Å². The number of esters is 1. The Morgan fingerprint density at radius 3 is 2.29 bits per heavy atom. The largest absolute Gasteiger partial charge is 0.465 e. The average molecular weight is 394 g/mol. The van der Waals surface area contributed by atoms with Crippen LogP contribution in [-0.4, -0.2) is 42.0 Å². The third-order valence-corrected chi connectivity index (χ3v) is 3.62. The molecule has 9 nitrogen and oxygen atoms in total. The van der Waals surface area contributed by atoms with Crippen LogP contribution in [0.15, 0.2) is 18.2 Å². The number of carbonyl (C=O) groups excluding carboxylic acids is 3. The molecule has 1 aromatic carbocycles. The van der Waals surface area contributed by atoms with E-state index in [-0.39, 0.29) is 29.0 Å². The van der Waals surface area contributed by atoms with E-state index in [0.29, 0.717) is 25.8 Å². The number of nitrogens with zero attached hydrogens (tertiary/aromatic N) is 1. The summed E-state index contributed by atoms with van der Waals surface area (Å²) in [6, 6.07) is 3.52. The summed E-state index contributed by atoms with van der Waals surface area (Å²) in [5.74, 6) is -1.04. The van der Waals surface area contributed by atoms with Crippen molar-refractivity contribution in [1.29, 1.82) is 0 Å². The standard InChI is InChI=1S/C19H26N2O7/c1-19(2,3)28-18(24)20-9-7-5-6-8-16(22)13-10-14(17(23)27-4)12-15(11-13)21(25)26/h10-12H,5-9H2,1-4H3,(H,20,24). The van der Waals surface area contributed by atoms with Crippen LogP contribution in [0, 0.1) is 10.1 Å². The van der Waals surface area contributed by atoms with Crippen molar-refractivity contribution in [3.8, 4) is 0 Å². The maximum atomic E-state index is 12.3. The summed E-state index contributed by atoms with van der Waals surface area (Å²) in [6.45, 7) is 5.75. The smallest absolute Gasteiger partial charge is 0.407 e. The molecule has 0 unspecified atom stereocenters. The van der Waals surface area contributed by atoms with Crippen molar-refractivity contribution < 1.29 is 28.8 Å². The Kier molecular flexibility index (Phi) is 8.56. The van der Waals surface area contributed by atoms with Crippen molar-refractivity contribution in [2.75, 3.05) is 13.7 Å². The van der Waals surface area contributed by atoms with E-state index >= 15 is 0 Å². The van der Waals surface area contributed by atoms with Crippen LogP contribution in [0.5, 0.6) is 0 Å². The average Bonchev–Trinajstić information content (AvgIpc) is 2.61. The molecule has 0 aliphatic rings. The summed E-state index contributed by atoms with van der Waals surface area (Å²) in [4.78, 5) is 45.8. The quantitative estimate of drug-likeness (QED) is 0.223. The highest BCUT2D eigenvalue weighted by molar-refractivity contribution is 6.00. The lowest BCUT2D eigenvalue weighted by molar-refractivity contribution is -0.384. The highest BCUT2D eigenvalue weighted by atomic mass is 16.6. The molecule has 0 bridgehead atoms. The summed E-state index contributed by atoms with van der Waals surface area (Å²) in [7, 11) is 1.16. The molecule has 0 heterocycles. The number of hydrogen-bond donors (Lipinski definition) is 1. The van der Waals surface area contributed by atoms with Crippen molar-refractivity contribution in [1.82, 2.24) is 5.32 Å². The number of rotatable bonds is 9. The number of ether oxygens (including phenoxy) is 2. The zero-order valence-electron chi connectivity index (χ0n) is 16.6. The Morgan fingerprint density at radius 2 is 1.71 bits per heavy atom. The molecule has 0 saturated heterocycles. The van der Waals surface area contributed by atoms with Gasteiger partial charge in [-0.3, -0.25) is 14.9 Å². The maximum Gasteiger partial charge on any atom is 0.407 e. The Labute approximate surface area is 163 Å². The van der Waals surface area contributed by atoms with Gasteiger partial charge in [0.2, 0.25) is 0 Å². The summed E-state index contributed by atoms with van der Waals surface area (Å²) < 4.78 is 9.68. The molecular formula is C19H26N2O7. The number of ketones is 1. The third-order valence-electron chi connectivity index (χ3n) is 3.62. The van der Waals surface area contributed by atoms with E-state index in [1.54, 1.807) is 20.8 Å². The van der Waals surface area contributed by atoms with Gasteiger partial charge in [-0.1, -0.05) is 6.42 Å². The molecule has 1 N–H and O–H groups in total. The third kappa shape index (κ3) is 8.15. The molecule has 1 amide bonds. The van der Waals surface area contributed by atoms with E-state index in [0.717, 1.165) is 19.2 Å². The Bertz CT molecular complexity index is 738. The Balaban J connectivity index is 2.51. The van der Waals surface area contributed by atoms with Crippen LogP contribution in [0.3, 0.4) is 0 Å². The highest BCUT2D eigenvalue weighted by Gasteiger charge is 2.18. The van der Waals surface area contributed by atoms with E-state index in [1.165, 1.54) is 6.07 Å². The molecule has 1 aromatic rings. The van der Waals surface area contributed by atoms with Gasteiger partial charge in [0.05, 0.1) is 17.6 Å². The lowest BCUT2D eigenvalue weighted by Gasteiger charge is -2.19. The van der Waals surface area contributed by atoms with Crippen molar-refractivity contribution in [2.24, 2.45) is 0 Å². The highest BCUT2D eigenvalue weighted by Crippen LogP contribution is 2.20. The topological polar surface area (TPSA) is 125 Å². The molecule has 0 aliphatic carbocycles. The Hall–Kier alpha value is -2.97. The van der Waals surface area contributed by atoms with Gasteiger partial charge in [0.15, 0.2) is 5.78 Å². The van der Waals surface area contributed by atoms with Gasteiger partial charge >= 0.3 is 12.1 Å². The second-order valence-electron chi connectivity index (χ2n) is 7.18. The van der Waals surface area contributed by atoms with Crippen molar-refractivity contribution >= 4 is 23.5 Å². The maximum absolute atomic E-state index is 12.3. The fraction of sp³-hybridized carbons (Fsp3) is 0.526. The molecular weight excluding hydrogens is 368 g/mol. The predicted molar refractivity (Wildman–Crippen MR) is 101 cm³/mol. The summed E-state index contributed by atoms with van der Waals surface area (Å²) in [5.41, 5.74) is -0.839. The molecule has 9 heteroatoms. The molecule has 154 valence electrons. The van der Waals surface area contributed by atoms with Crippen molar-refractivity contribution in [3.05, 3.63) is 39.4 Å². The number of nitrogens with one attached hydrogen (secondary N) is 1. The van der Waals surface area contributed by atoms with Gasteiger partial charge in [0.1, 0.15) is 5.60 Å². The second kappa shape index (κ2) is 10.4. The first kappa shape index (κ1) is 23.1. The number of unbranched alkanes of at least 4 members (excludes halogenated alkanes) is 2. The van der Waals surface area contributed by atoms with Gasteiger partial charge in [0.25, 0.3) is 5.69 Å². The minimum atomic E-state index is -0.744. The van der Waals surface area contributed by atoms with Gasteiger partial charge in [-0.25, -0.2) is 9.59 Å². The fourth-order valence-corrected chi connectivity index (χ4v) is 2.35. The van der Waals surface area contributed by atoms with Crippen molar-refractivity contribution in [3.63, 3.8) is 0 Å². The number of amides is 1. The molecule has 0 spiro atoms. The van der Waals surface area contributed by atoms with Gasteiger partial charge in [-0.05, 0) is 39.7 Å². The minimum absolute atomic E-state index is 0.0402. The number of Topliss-reactive ketones (excluding diaryl/α,β-unsaturated/α-hetero) is 1. The van der Waals surface area contributed by atoms with Crippen molar-refractivity contribution in [2.45, 2.75) is 52.1 Å². The van der Waals surface area contributed by atoms with Crippen LogP contribution >= 0.6 is 0 Å². The zero-order valence-corrected chi connectivity index (χ0v) is 16.6. The predicted octanol–water partition coefficient (Wildman–Crippen LogP) is 3.65. The number of non-ortho nitro benzene ring substituents is 1. The number of nitro benzene ring substituents is 1. The molecule has 28 heavy (non-hydrogen) atoms. The number of alkyl carbamates (subject to hydrolysis) is 1. The number of benzene rings is 1.